The third-order valence-electron chi connectivity index (χ3n) is 2.08. The third kappa shape index (κ3) is 3.21. The summed E-state index contributed by atoms with van der Waals surface area (Å²) in [4.78, 5) is 11.6. The molecule has 0 N–H and O–H groups in total. The van der Waals surface area contributed by atoms with E-state index in [9.17, 15) is 9.18 Å². The summed E-state index contributed by atoms with van der Waals surface area (Å²) >= 11 is 0. The van der Waals surface area contributed by atoms with Gasteiger partial charge in [-0.25, -0.2) is 4.39 Å². The largest absolute Gasteiger partial charge is 0.294 e. The lowest BCUT2D eigenvalue weighted by Gasteiger charge is -2.01. The van der Waals surface area contributed by atoms with Crippen LogP contribution in [0.4, 0.5) is 4.39 Å². The zero-order valence-electron chi connectivity index (χ0n) is 8.93. The molecule has 0 aliphatic carbocycles. The number of hydrogen-bond acceptors (Lipinski definition) is 1. The summed E-state index contributed by atoms with van der Waals surface area (Å²) in [5.74, 6) is 4.86. The average molecular weight is 204 g/mol. The highest BCUT2D eigenvalue weighted by Crippen LogP contribution is 2.12. The van der Waals surface area contributed by atoms with E-state index in [2.05, 4.69) is 11.8 Å². The second-order valence-corrected chi connectivity index (χ2v) is 3.33. The van der Waals surface area contributed by atoms with E-state index in [-0.39, 0.29) is 17.8 Å². The van der Waals surface area contributed by atoms with Crippen LogP contribution in [0.2, 0.25) is 0 Å². The molecule has 0 aliphatic heterocycles. The standard InChI is InChI=1S/C13H13FO/c1-3-4-5-6-13(15)11-9-10(2)7-8-12(11)14/h7-9H,5-6H2,1-2H3. The molecule has 78 valence electrons. The van der Waals surface area contributed by atoms with Gasteiger partial charge >= 0.3 is 0 Å². The molecule has 15 heavy (non-hydrogen) atoms. The summed E-state index contributed by atoms with van der Waals surface area (Å²) < 4.78 is 13.3. The maximum Gasteiger partial charge on any atom is 0.166 e. The van der Waals surface area contributed by atoms with Crippen molar-refractivity contribution in [1.82, 2.24) is 0 Å². The van der Waals surface area contributed by atoms with Crippen LogP contribution >= 0.6 is 0 Å². The van der Waals surface area contributed by atoms with Gasteiger partial charge in [0.2, 0.25) is 0 Å². The monoisotopic (exact) mass is 204 g/mol. The molecule has 2 heteroatoms. The van der Waals surface area contributed by atoms with Gasteiger partial charge in [0, 0.05) is 12.8 Å². The Kier molecular flexibility index (Phi) is 4.05. The summed E-state index contributed by atoms with van der Waals surface area (Å²) in [6, 6.07) is 4.56. The minimum Gasteiger partial charge on any atom is -0.294 e. The number of ketones is 1. The Morgan fingerprint density at radius 2 is 2.20 bits per heavy atom. The Labute approximate surface area is 89.3 Å². The number of halogens is 1. The molecule has 0 radical (unpaired) electrons. The van der Waals surface area contributed by atoms with Gasteiger partial charge < -0.3 is 0 Å². The van der Waals surface area contributed by atoms with Crippen molar-refractivity contribution in [2.24, 2.45) is 0 Å². The average Bonchev–Trinajstić information content (AvgIpc) is 2.22. The van der Waals surface area contributed by atoms with E-state index in [4.69, 9.17) is 0 Å². The van der Waals surface area contributed by atoms with Crippen LogP contribution in [-0.4, -0.2) is 5.78 Å². The van der Waals surface area contributed by atoms with Gasteiger partial charge in [-0.2, -0.15) is 0 Å². The van der Waals surface area contributed by atoms with E-state index in [1.165, 1.54) is 6.07 Å². The molecule has 1 aromatic rings. The van der Waals surface area contributed by atoms with Crippen LogP contribution < -0.4 is 0 Å². The maximum atomic E-state index is 13.3. The van der Waals surface area contributed by atoms with Gasteiger partial charge in [-0.1, -0.05) is 11.6 Å². The van der Waals surface area contributed by atoms with Crippen molar-refractivity contribution in [3.8, 4) is 11.8 Å². The smallest absolute Gasteiger partial charge is 0.166 e. The van der Waals surface area contributed by atoms with E-state index in [0.717, 1.165) is 5.56 Å². The highest BCUT2D eigenvalue weighted by Gasteiger charge is 2.10. The predicted octanol–water partition coefficient (Wildman–Crippen LogP) is 3.12. The summed E-state index contributed by atoms with van der Waals surface area (Å²) in [5, 5.41) is 0. The van der Waals surface area contributed by atoms with Crippen LogP contribution in [0.15, 0.2) is 18.2 Å². The lowest BCUT2D eigenvalue weighted by Crippen LogP contribution is -2.02. The summed E-state index contributed by atoms with van der Waals surface area (Å²) in [7, 11) is 0. The Bertz CT molecular complexity index is 424. The summed E-state index contributed by atoms with van der Waals surface area (Å²) in [6.45, 7) is 3.56. The Balaban J connectivity index is 2.80. The van der Waals surface area contributed by atoms with Gasteiger partial charge in [0.05, 0.1) is 5.56 Å². The molecule has 0 aromatic heterocycles. The number of carbonyl (C=O) groups is 1. The summed E-state index contributed by atoms with van der Waals surface area (Å²) in [6.07, 6.45) is 0.768. The Hall–Kier alpha value is -1.62. The highest BCUT2D eigenvalue weighted by atomic mass is 19.1. The Morgan fingerprint density at radius 1 is 1.47 bits per heavy atom. The van der Waals surface area contributed by atoms with Crippen molar-refractivity contribution >= 4 is 5.78 Å². The van der Waals surface area contributed by atoms with Gasteiger partial charge in [-0.3, -0.25) is 4.79 Å². The summed E-state index contributed by atoms with van der Waals surface area (Å²) in [5.41, 5.74) is 1.06. The number of hydrogen-bond donors (Lipinski definition) is 0. The van der Waals surface area contributed by atoms with Crippen molar-refractivity contribution in [1.29, 1.82) is 0 Å². The number of rotatable bonds is 3. The van der Waals surface area contributed by atoms with Gasteiger partial charge in [-0.15, -0.1) is 11.8 Å². The van der Waals surface area contributed by atoms with Gasteiger partial charge in [0.15, 0.2) is 5.78 Å². The first-order valence-electron chi connectivity index (χ1n) is 4.84. The van der Waals surface area contributed by atoms with Gasteiger partial charge in [-0.05, 0) is 26.0 Å². The lowest BCUT2D eigenvalue weighted by molar-refractivity contribution is 0.0980. The molecule has 0 fully saturated rings. The zero-order valence-corrected chi connectivity index (χ0v) is 8.93. The quantitative estimate of drug-likeness (QED) is 0.546. The first kappa shape index (κ1) is 11.5. The molecule has 0 saturated heterocycles. The molecular weight excluding hydrogens is 191 g/mol. The fourth-order valence-electron chi connectivity index (χ4n) is 1.29. The molecule has 0 heterocycles. The minimum atomic E-state index is -0.449. The zero-order chi connectivity index (χ0) is 11.3. The first-order chi connectivity index (χ1) is 7.15. The molecule has 0 spiro atoms. The number of aryl methyl sites for hydroxylation is 1. The van der Waals surface area contributed by atoms with Crippen molar-refractivity contribution < 1.29 is 9.18 Å². The molecule has 0 amide bonds. The van der Waals surface area contributed by atoms with Crippen LogP contribution in [0.1, 0.15) is 35.7 Å². The van der Waals surface area contributed by atoms with E-state index in [1.54, 1.807) is 19.1 Å². The second-order valence-electron chi connectivity index (χ2n) is 3.33. The van der Waals surface area contributed by atoms with E-state index in [1.807, 2.05) is 6.92 Å². The SMILES string of the molecule is CC#CCCC(=O)c1cc(C)ccc1F. The fourth-order valence-corrected chi connectivity index (χ4v) is 1.29. The van der Waals surface area contributed by atoms with Crippen LogP contribution in [0.25, 0.3) is 0 Å². The van der Waals surface area contributed by atoms with Crippen molar-refractivity contribution in [3.05, 3.63) is 35.1 Å². The number of Topliss-reactive ketones (excluding diaryl/α,β-unsaturated/α-hetero) is 1. The van der Waals surface area contributed by atoms with Crippen molar-refractivity contribution in [2.75, 3.05) is 0 Å². The van der Waals surface area contributed by atoms with Crippen LogP contribution in [0.3, 0.4) is 0 Å². The maximum absolute atomic E-state index is 13.3. The molecule has 1 aromatic carbocycles. The van der Waals surface area contributed by atoms with Crippen molar-refractivity contribution in [3.63, 3.8) is 0 Å². The highest BCUT2D eigenvalue weighted by molar-refractivity contribution is 5.96. The normalized spacial score (nSPS) is 9.27. The first-order valence-corrected chi connectivity index (χ1v) is 4.84. The molecule has 0 saturated carbocycles. The molecule has 0 bridgehead atoms. The second kappa shape index (κ2) is 5.31. The van der Waals surface area contributed by atoms with E-state index >= 15 is 0 Å². The van der Waals surface area contributed by atoms with Crippen molar-refractivity contribution in [2.45, 2.75) is 26.7 Å². The van der Waals surface area contributed by atoms with E-state index in [0.29, 0.717) is 6.42 Å². The van der Waals surface area contributed by atoms with Gasteiger partial charge in [0.1, 0.15) is 5.82 Å². The number of carbonyl (C=O) groups excluding carboxylic acids is 1. The molecule has 0 aliphatic rings. The molecule has 0 atom stereocenters. The lowest BCUT2D eigenvalue weighted by atomic mass is 10.0. The van der Waals surface area contributed by atoms with Crippen LogP contribution in [0.5, 0.6) is 0 Å². The molecule has 1 rings (SSSR count). The fraction of sp³-hybridized carbons (Fsp3) is 0.308. The third-order valence-corrected chi connectivity index (χ3v) is 2.08. The molecular formula is C13H13FO. The molecule has 1 nitrogen and oxygen atoms in total. The van der Waals surface area contributed by atoms with Gasteiger partial charge in [0.25, 0.3) is 0 Å². The van der Waals surface area contributed by atoms with Crippen LogP contribution in [-0.2, 0) is 0 Å². The number of benzene rings is 1. The minimum absolute atomic E-state index is 0.174. The topological polar surface area (TPSA) is 17.1 Å². The molecule has 0 unspecified atom stereocenters. The predicted molar refractivity (Wildman–Crippen MR) is 58.2 cm³/mol. The van der Waals surface area contributed by atoms with E-state index < -0.39 is 5.82 Å². The Morgan fingerprint density at radius 3 is 2.87 bits per heavy atom. The van der Waals surface area contributed by atoms with Crippen LogP contribution in [0, 0.1) is 24.6 Å².